The SMILES string of the molecule is CC(C)(C)[Si](C)(C)Oc1ccc(C(=O)O)c(Cl)c1. The van der Waals surface area contributed by atoms with E-state index < -0.39 is 14.3 Å². The van der Waals surface area contributed by atoms with Crippen molar-refractivity contribution in [2.75, 3.05) is 0 Å². The van der Waals surface area contributed by atoms with Gasteiger partial charge in [0.25, 0.3) is 0 Å². The van der Waals surface area contributed by atoms with E-state index in [0.29, 0.717) is 5.75 Å². The van der Waals surface area contributed by atoms with Crippen LogP contribution in [0.4, 0.5) is 0 Å². The summed E-state index contributed by atoms with van der Waals surface area (Å²) < 4.78 is 6.04. The number of carbonyl (C=O) groups is 1. The first-order valence-electron chi connectivity index (χ1n) is 5.76. The monoisotopic (exact) mass is 286 g/mol. The molecule has 0 saturated heterocycles. The van der Waals surface area contributed by atoms with E-state index >= 15 is 0 Å². The van der Waals surface area contributed by atoms with Gasteiger partial charge in [-0.05, 0) is 36.3 Å². The fourth-order valence-electron chi connectivity index (χ4n) is 1.18. The minimum absolute atomic E-state index is 0.0882. The summed E-state index contributed by atoms with van der Waals surface area (Å²) in [6, 6.07) is 4.72. The van der Waals surface area contributed by atoms with E-state index in [9.17, 15) is 4.79 Å². The van der Waals surface area contributed by atoms with Crippen LogP contribution in [0.3, 0.4) is 0 Å². The first kappa shape index (κ1) is 15.1. The lowest BCUT2D eigenvalue weighted by Crippen LogP contribution is -2.43. The van der Waals surface area contributed by atoms with E-state index in [4.69, 9.17) is 21.1 Å². The number of aromatic carboxylic acids is 1. The third-order valence-corrected chi connectivity index (χ3v) is 8.02. The minimum Gasteiger partial charge on any atom is -0.543 e. The Balaban J connectivity index is 3.01. The van der Waals surface area contributed by atoms with Gasteiger partial charge in [-0.2, -0.15) is 0 Å². The van der Waals surface area contributed by atoms with E-state index in [1.165, 1.54) is 6.07 Å². The highest BCUT2D eigenvalue weighted by molar-refractivity contribution is 6.74. The first-order chi connectivity index (χ1) is 8.04. The van der Waals surface area contributed by atoms with Crippen molar-refractivity contribution >= 4 is 25.9 Å². The molecule has 0 spiro atoms. The number of carboxylic acid groups (broad SMARTS) is 1. The number of carboxylic acids is 1. The highest BCUT2D eigenvalue weighted by Crippen LogP contribution is 2.38. The zero-order valence-electron chi connectivity index (χ0n) is 11.4. The molecule has 0 unspecified atom stereocenters. The molecular formula is C13H19ClO3Si. The normalized spacial score (nSPS) is 12.3. The summed E-state index contributed by atoms with van der Waals surface area (Å²) >= 11 is 5.92. The van der Waals surface area contributed by atoms with Gasteiger partial charge in [-0.1, -0.05) is 32.4 Å². The van der Waals surface area contributed by atoms with Crippen molar-refractivity contribution in [3.8, 4) is 5.75 Å². The second-order valence-corrected chi connectivity index (χ2v) is 10.9. The second kappa shape index (κ2) is 4.94. The second-order valence-electron chi connectivity index (χ2n) is 5.81. The molecule has 1 N–H and O–H groups in total. The van der Waals surface area contributed by atoms with Gasteiger partial charge in [-0.15, -0.1) is 0 Å². The van der Waals surface area contributed by atoms with Crippen LogP contribution in [-0.2, 0) is 0 Å². The molecule has 5 heteroatoms. The summed E-state index contributed by atoms with van der Waals surface area (Å²) in [6.45, 7) is 10.7. The van der Waals surface area contributed by atoms with Crippen LogP contribution in [0.2, 0.25) is 23.2 Å². The molecule has 0 bridgehead atoms. The highest BCUT2D eigenvalue weighted by Gasteiger charge is 2.39. The Hall–Kier alpha value is -1.00. The maximum Gasteiger partial charge on any atom is 0.337 e. The van der Waals surface area contributed by atoms with Crippen molar-refractivity contribution in [2.45, 2.75) is 38.9 Å². The number of halogens is 1. The topological polar surface area (TPSA) is 46.5 Å². The van der Waals surface area contributed by atoms with Gasteiger partial charge in [0.05, 0.1) is 10.6 Å². The lowest BCUT2D eigenvalue weighted by Gasteiger charge is -2.36. The van der Waals surface area contributed by atoms with Crippen LogP contribution < -0.4 is 4.43 Å². The predicted molar refractivity (Wildman–Crippen MR) is 76.2 cm³/mol. The third kappa shape index (κ3) is 3.27. The quantitative estimate of drug-likeness (QED) is 0.837. The number of hydrogen-bond donors (Lipinski definition) is 1. The zero-order chi connectivity index (χ0) is 14.1. The molecule has 0 atom stereocenters. The smallest absolute Gasteiger partial charge is 0.337 e. The number of rotatable bonds is 3. The number of hydrogen-bond acceptors (Lipinski definition) is 2. The number of benzene rings is 1. The molecule has 0 aliphatic carbocycles. The van der Waals surface area contributed by atoms with E-state index in [0.717, 1.165) is 0 Å². The molecule has 0 fully saturated rings. The van der Waals surface area contributed by atoms with Crippen LogP contribution in [0.5, 0.6) is 5.75 Å². The Bertz CT molecular complexity index is 464. The molecule has 0 heterocycles. The molecular weight excluding hydrogens is 268 g/mol. The average Bonchev–Trinajstić information content (AvgIpc) is 2.14. The molecule has 18 heavy (non-hydrogen) atoms. The Kier molecular flexibility index (Phi) is 4.13. The van der Waals surface area contributed by atoms with E-state index in [-0.39, 0.29) is 15.6 Å². The van der Waals surface area contributed by atoms with Crippen molar-refractivity contribution in [3.05, 3.63) is 28.8 Å². The average molecular weight is 287 g/mol. The molecule has 0 aromatic heterocycles. The van der Waals surface area contributed by atoms with Crippen LogP contribution in [0.15, 0.2) is 18.2 Å². The van der Waals surface area contributed by atoms with Gasteiger partial charge >= 0.3 is 5.97 Å². The van der Waals surface area contributed by atoms with Gasteiger partial charge in [0, 0.05) is 0 Å². The summed E-state index contributed by atoms with van der Waals surface area (Å²) in [5.74, 6) is -0.393. The van der Waals surface area contributed by atoms with Gasteiger partial charge < -0.3 is 9.53 Å². The Morgan fingerprint density at radius 2 is 1.89 bits per heavy atom. The van der Waals surface area contributed by atoms with Gasteiger partial charge in [-0.3, -0.25) is 0 Å². The largest absolute Gasteiger partial charge is 0.543 e. The minimum atomic E-state index is -1.92. The van der Waals surface area contributed by atoms with Crippen LogP contribution in [0.25, 0.3) is 0 Å². The van der Waals surface area contributed by atoms with Crippen molar-refractivity contribution in [2.24, 2.45) is 0 Å². The lowest BCUT2D eigenvalue weighted by atomic mass is 10.2. The van der Waals surface area contributed by atoms with E-state index in [2.05, 4.69) is 33.9 Å². The highest BCUT2D eigenvalue weighted by atomic mass is 35.5. The summed E-state index contributed by atoms with van der Waals surface area (Å²) in [5.41, 5.74) is 0.0965. The van der Waals surface area contributed by atoms with Gasteiger partial charge in [-0.25, -0.2) is 4.79 Å². The van der Waals surface area contributed by atoms with Crippen LogP contribution in [-0.4, -0.2) is 19.4 Å². The summed E-state index contributed by atoms with van der Waals surface area (Å²) in [7, 11) is -1.92. The molecule has 0 saturated carbocycles. The van der Waals surface area contributed by atoms with Gasteiger partial charge in [0.1, 0.15) is 5.75 Å². The van der Waals surface area contributed by atoms with Crippen molar-refractivity contribution in [1.29, 1.82) is 0 Å². The molecule has 100 valence electrons. The third-order valence-electron chi connectivity index (χ3n) is 3.35. The molecule has 0 aliphatic rings. The van der Waals surface area contributed by atoms with Crippen LogP contribution in [0, 0.1) is 0 Å². The van der Waals surface area contributed by atoms with Gasteiger partial charge in [0.2, 0.25) is 8.32 Å². The molecule has 0 aliphatic heterocycles. The fraction of sp³-hybridized carbons (Fsp3) is 0.462. The maximum absolute atomic E-state index is 10.9. The Labute approximate surface area is 114 Å². The molecule has 0 amide bonds. The fourth-order valence-corrected chi connectivity index (χ4v) is 2.45. The lowest BCUT2D eigenvalue weighted by molar-refractivity contribution is 0.0697. The van der Waals surface area contributed by atoms with Gasteiger partial charge in [0.15, 0.2) is 0 Å². The molecule has 1 aromatic carbocycles. The van der Waals surface area contributed by atoms with Crippen molar-refractivity contribution in [1.82, 2.24) is 0 Å². The molecule has 1 rings (SSSR count). The zero-order valence-corrected chi connectivity index (χ0v) is 13.1. The van der Waals surface area contributed by atoms with E-state index in [1.807, 2.05) is 0 Å². The van der Waals surface area contributed by atoms with Crippen molar-refractivity contribution in [3.63, 3.8) is 0 Å². The molecule has 1 aromatic rings. The molecule has 0 radical (unpaired) electrons. The maximum atomic E-state index is 10.9. The first-order valence-corrected chi connectivity index (χ1v) is 9.05. The Morgan fingerprint density at radius 1 is 1.33 bits per heavy atom. The summed E-state index contributed by atoms with van der Waals surface area (Å²) in [5, 5.41) is 9.20. The van der Waals surface area contributed by atoms with Crippen LogP contribution in [0.1, 0.15) is 31.1 Å². The Morgan fingerprint density at radius 3 is 2.28 bits per heavy atom. The van der Waals surface area contributed by atoms with Crippen LogP contribution >= 0.6 is 11.6 Å². The predicted octanol–water partition coefficient (Wildman–Crippen LogP) is 4.42. The molecule has 3 nitrogen and oxygen atoms in total. The van der Waals surface area contributed by atoms with Crippen molar-refractivity contribution < 1.29 is 14.3 Å². The van der Waals surface area contributed by atoms with E-state index in [1.54, 1.807) is 12.1 Å². The summed E-state index contributed by atoms with van der Waals surface area (Å²) in [6.07, 6.45) is 0. The standard InChI is InChI=1S/C13H19ClO3Si/c1-13(2,3)18(4,5)17-9-6-7-10(12(15)16)11(14)8-9/h6-8H,1-5H3,(H,15,16). The summed E-state index contributed by atoms with van der Waals surface area (Å²) in [4.78, 5) is 10.9.